The van der Waals surface area contributed by atoms with Crippen molar-refractivity contribution in [3.63, 3.8) is 0 Å². The highest BCUT2D eigenvalue weighted by atomic mass is 35.5. The molecule has 166 valence electrons. The van der Waals surface area contributed by atoms with Crippen molar-refractivity contribution in [3.8, 4) is 5.75 Å². The molecular formula is C23H18Cl4N2O3. The van der Waals surface area contributed by atoms with Crippen LogP contribution in [0.25, 0.3) is 0 Å². The molecule has 3 aromatic carbocycles. The SMILES string of the molecule is Cc1c(Cl)c(C)c(Cl)c(OCC(=O)Nc2cccc(NC(=O)c3ccccc3Cl)c2)c1Cl. The first-order valence-electron chi connectivity index (χ1n) is 9.41. The van der Waals surface area contributed by atoms with E-state index >= 15 is 0 Å². The Kier molecular flexibility index (Phi) is 7.91. The van der Waals surface area contributed by atoms with Crippen molar-refractivity contribution in [2.45, 2.75) is 13.8 Å². The van der Waals surface area contributed by atoms with Crippen molar-refractivity contribution in [3.05, 3.63) is 85.3 Å². The summed E-state index contributed by atoms with van der Waals surface area (Å²) < 4.78 is 5.57. The molecule has 5 nitrogen and oxygen atoms in total. The molecule has 0 unspecified atom stereocenters. The van der Waals surface area contributed by atoms with Crippen LogP contribution in [0.5, 0.6) is 5.75 Å². The summed E-state index contributed by atoms with van der Waals surface area (Å²) in [6, 6.07) is 13.4. The fourth-order valence-corrected chi connectivity index (χ4v) is 3.93. The molecule has 0 aliphatic carbocycles. The zero-order valence-corrected chi connectivity index (χ0v) is 20.1. The van der Waals surface area contributed by atoms with Gasteiger partial charge in [0.2, 0.25) is 0 Å². The van der Waals surface area contributed by atoms with Crippen molar-refractivity contribution < 1.29 is 14.3 Å². The molecule has 0 aliphatic heterocycles. The molecule has 32 heavy (non-hydrogen) atoms. The van der Waals surface area contributed by atoms with Crippen LogP contribution in [0.15, 0.2) is 48.5 Å². The fraction of sp³-hybridized carbons (Fsp3) is 0.130. The van der Waals surface area contributed by atoms with Crippen LogP contribution in [0.3, 0.4) is 0 Å². The largest absolute Gasteiger partial charge is 0.481 e. The molecule has 0 heterocycles. The van der Waals surface area contributed by atoms with Gasteiger partial charge in [-0.25, -0.2) is 0 Å². The topological polar surface area (TPSA) is 67.4 Å². The van der Waals surface area contributed by atoms with Gasteiger partial charge in [0.05, 0.1) is 20.6 Å². The summed E-state index contributed by atoms with van der Waals surface area (Å²) >= 11 is 24.8. The van der Waals surface area contributed by atoms with E-state index in [0.717, 1.165) is 0 Å². The number of halogens is 4. The Bertz CT molecular complexity index is 1170. The quantitative estimate of drug-likeness (QED) is 0.368. The maximum atomic E-state index is 12.4. The summed E-state index contributed by atoms with van der Waals surface area (Å²) in [5.41, 5.74) is 2.54. The van der Waals surface area contributed by atoms with E-state index in [4.69, 9.17) is 51.1 Å². The third kappa shape index (κ3) is 5.48. The summed E-state index contributed by atoms with van der Waals surface area (Å²) in [6.07, 6.45) is 0. The molecule has 0 atom stereocenters. The van der Waals surface area contributed by atoms with Gasteiger partial charge in [-0.05, 0) is 55.3 Å². The van der Waals surface area contributed by atoms with Gasteiger partial charge in [0, 0.05) is 16.4 Å². The number of carbonyl (C=O) groups is 2. The molecule has 3 aromatic rings. The minimum Gasteiger partial charge on any atom is -0.481 e. The Hall–Kier alpha value is -2.44. The minimum absolute atomic E-state index is 0.198. The molecule has 3 rings (SSSR count). The standard InChI is InChI=1S/C23H18Cl4N2O3/c1-12-19(25)13(2)21(27)22(20(12)26)32-11-18(30)28-14-6-5-7-15(10-14)29-23(31)16-8-3-4-9-17(16)24/h3-10H,11H2,1-2H3,(H,28,30)(H,29,31). The van der Waals surface area contributed by atoms with Crippen molar-refractivity contribution in [2.24, 2.45) is 0 Å². The lowest BCUT2D eigenvalue weighted by Crippen LogP contribution is -2.20. The van der Waals surface area contributed by atoms with Gasteiger partial charge in [0.15, 0.2) is 12.4 Å². The number of carbonyl (C=O) groups excluding carboxylic acids is 2. The number of rotatable bonds is 6. The van der Waals surface area contributed by atoms with Crippen molar-refractivity contribution >= 4 is 69.6 Å². The Morgan fingerprint density at radius 2 is 1.41 bits per heavy atom. The van der Waals surface area contributed by atoms with Gasteiger partial charge >= 0.3 is 0 Å². The maximum Gasteiger partial charge on any atom is 0.262 e. The normalized spacial score (nSPS) is 10.6. The Morgan fingerprint density at radius 1 is 0.812 bits per heavy atom. The molecule has 0 radical (unpaired) electrons. The Labute approximate surface area is 205 Å². The van der Waals surface area contributed by atoms with Crippen LogP contribution in [-0.4, -0.2) is 18.4 Å². The van der Waals surface area contributed by atoms with Gasteiger partial charge in [-0.2, -0.15) is 0 Å². The molecule has 0 saturated heterocycles. The molecule has 2 N–H and O–H groups in total. The summed E-state index contributed by atoms with van der Waals surface area (Å²) in [5, 5.41) is 6.75. The third-order valence-corrected chi connectivity index (χ3v) is 6.39. The Balaban J connectivity index is 1.66. The van der Waals surface area contributed by atoms with E-state index in [-0.39, 0.29) is 28.3 Å². The maximum absolute atomic E-state index is 12.4. The van der Waals surface area contributed by atoms with E-state index in [1.807, 2.05) is 0 Å². The van der Waals surface area contributed by atoms with Crippen LogP contribution in [0.2, 0.25) is 20.1 Å². The molecule has 0 fully saturated rings. The second-order valence-corrected chi connectivity index (χ2v) is 8.41. The van der Waals surface area contributed by atoms with Crippen molar-refractivity contribution in [1.29, 1.82) is 0 Å². The van der Waals surface area contributed by atoms with Crippen molar-refractivity contribution in [2.75, 3.05) is 17.2 Å². The number of benzene rings is 3. The van der Waals surface area contributed by atoms with Gasteiger partial charge in [-0.3, -0.25) is 9.59 Å². The molecule has 2 amide bonds. The van der Waals surface area contributed by atoms with Crippen LogP contribution in [0.1, 0.15) is 21.5 Å². The molecule has 0 saturated carbocycles. The minimum atomic E-state index is -0.433. The van der Waals surface area contributed by atoms with Crippen LogP contribution < -0.4 is 15.4 Å². The lowest BCUT2D eigenvalue weighted by Gasteiger charge is -2.15. The molecule has 0 aliphatic rings. The summed E-state index contributed by atoms with van der Waals surface area (Å²) in [4.78, 5) is 24.8. The highest BCUT2D eigenvalue weighted by molar-refractivity contribution is 6.42. The third-order valence-electron chi connectivity index (χ3n) is 4.59. The first kappa shape index (κ1) is 24.2. The van der Waals surface area contributed by atoms with Crippen LogP contribution >= 0.6 is 46.4 Å². The fourth-order valence-electron chi connectivity index (χ4n) is 2.89. The van der Waals surface area contributed by atoms with E-state index in [2.05, 4.69) is 10.6 Å². The van der Waals surface area contributed by atoms with E-state index in [0.29, 0.717) is 38.1 Å². The van der Waals surface area contributed by atoms with Gasteiger partial charge in [-0.15, -0.1) is 0 Å². The zero-order chi connectivity index (χ0) is 23.4. The van der Waals surface area contributed by atoms with E-state index in [1.54, 1.807) is 62.4 Å². The van der Waals surface area contributed by atoms with Gasteiger partial charge in [-0.1, -0.05) is 64.6 Å². The van der Waals surface area contributed by atoms with Crippen LogP contribution in [0.4, 0.5) is 11.4 Å². The monoisotopic (exact) mass is 510 g/mol. The lowest BCUT2D eigenvalue weighted by molar-refractivity contribution is -0.118. The summed E-state index contributed by atoms with van der Waals surface area (Å²) in [6.45, 7) is 3.16. The number of anilines is 2. The van der Waals surface area contributed by atoms with Gasteiger partial charge in [0.25, 0.3) is 11.8 Å². The smallest absolute Gasteiger partial charge is 0.262 e. The number of hydrogen-bond acceptors (Lipinski definition) is 3. The first-order valence-corrected chi connectivity index (χ1v) is 10.9. The van der Waals surface area contributed by atoms with Crippen LogP contribution in [0, 0.1) is 13.8 Å². The number of ether oxygens (including phenoxy) is 1. The van der Waals surface area contributed by atoms with Crippen molar-refractivity contribution in [1.82, 2.24) is 0 Å². The number of amides is 2. The predicted molar refractivity (Wildman–Crippen MR) is 131 cm³/mol. The summed E-state index contributed by atoms with van der Waals surface area (Å²) in [5.74, 6) is -0.597. The first-order chi connectivity index (χ1) is 15.2. The molecule has 9 heteroatoms. The van der Waals surface area contributed by atoms with E-state index < -0.39 is 5.91 Å². The molecular weight excluding hydrogens is 494 g/mol. The second kappa shape index (κ2) is 10.5. The Morgan fingerprint density at radius 3 is 2.03 bits per heavy atom. The highest BCUT2D eigenvalue weighted by Crippen LogP contribution is 2.42. The second-order valence-electron chi connectivity index (χ2n) is 6.87. The number of nitrogens with one attached hydrogen (secondary N) is 2. The predicted octanol–water partition coefficient (Wildman–Crippen LogP) is 7.19. The number of hydrogen-bond donors (Lipinski definition) is 2. The van der Waals surface area contributed by atoms with Gasteiger partial charge < -0.3 is 15.4 Å². The van der Waals surface area contributed by atoms with Gasteiger partial charge in [0.1, 0.15) is 0 Å². The van der Waals surface area contributed by atoms with E-state index in [9.17, 15) is 9.59 Å². The van der Waals surface area contributed by atoms with Crippen LogP contribution in [-0.2, 0) is 4.79 Å². The average Bonchev–Trinajstić information content (AvgIpc) is 2.77. The zero-order valence-electron chi connectivity index (χ0n) is 17.1. The highest BCUT2D eigenvalue weighted by Gasteiger charge is 2.19. The molecule has 0 aromatic heterocycles. The molecule has 0 bridgehead atoms. The lowest BCUT2D eigenvalue weighted by atomic mass is 10.1. The average molecular weight is 512 g/mol. The summed E-state index contributed by atoms with van der Waals surface area (Å²) in [7, 11) is 0. The molecule has 0 spiro atoms. The van der Waals surface area contributed by atoms with E-state index in [1.165, 1.54) is 0 Å².